The number of phenolic OH excluding ortho intramolecular Hbond substituents is 1. The largest absolute Gasteiger partial charge is 0.508 e. The molecule has 0 aromatic heterocycles. The normalized spacial score (nSPS) is 19.7. The zero-order valence-corrected chi connectivity index (χ0v) is 23.4. The van der Waals surface area contributed by atoms with Crippen molar-refractivity contribution in [2.45, 2.75) is 50.7 Å². The van der Waals surface area contributed by atoms with E-state index in [0.29, 0.717) is 31.6 Å². The van der Waals surface area contributed by atoms with Gasteiger partial charge in [-0.1, -0.05) is 30.3 Å². The summed E-state index contributed by atoms with van der Waals surface area (Å²) in [6.45, 7) is 11.7. The highest BCUT2D eigenvalue weighted by Gasteiger charge is 2.32. The molecule has 2 atom stereocenters. The Balaban J connectivity index is 1.45. The van der Waals surface area contributed by atoms with Gasteiger partial charge in [0.1, 0.15) is 5.75 Å². The average Bonchev–Trinajstić information content (AvgIpc) is 2.97. The number of carbonyl (C=O) groups excluding carboxylic acids is 2. The highest BCUT2D eigenvalue weighted by Crippen LogP contribution is 2.34. The van der Waals surface area contributed by atoms with Crippen LogP contribution in [0.15, 0.2) is 66.4 Å². The number of nitrogens with zero attached hydrogens (tertiary/aromatic N) is 4. The summed E-state index contributed by atoms with van der Waals surface area (Å²) in [6, 6.07) is 15.9. The first-order valence-corrected chi connectivity index (χ1v) is 14.3. The van der Waals surface area contributed by atoms with E-state index in [4.69, 9.17) is 0 Å². The number of benzene rings is 2. The quantitative estimate of drug-likeness (QED) is 0.249. The molecule has 0 bridgehead atoms. The monoisotopic (exact) mass is 547 g/mol. The SMILES string of the molecule is C=CCN1CCN(C(c2cccc(O)c2)c2cccc(C(=O)N3CCC(NCCCC(=O)N=O)CC3)c2)C(C)C1. The fraction of sp³-hybridized carbons (Fsp3) is 0.484. The zero-order valence-electron chi connectivity index (χ0n) is 23.4. The summed E-state index contributed by atoms with van der Waals surface area (Å²) in [5.41, 5.74) is 2.72. The molecule has 2 aromatic carbocycles. The molecule has 2 saturated heterocycles. The van der Waals surface area contributed by atoms with Gasteiger partial charge in [-0.25, -0.2) is 0 Å². The van der Waals surface area contributed by atoms with Crippen LogP contribution in [0, 0.1) is 4.91 Å². The van der Waals surface area contributed by atoms with E-state index < -0.39 is 5.91 Å². The van der Waals surface area contributed by atoms with E-state index in [9.17, 15) is 19.6 Å². The lowest BCUT2D eigenvalue weighted by Gasteiger charge is -2.44. The molecular formula is C31H41N5O4. The molecule has 40 heavy (non-hydrogen) atoms. The zero-order chi connectivity index (χ0) is 28.5. The van der Waals surface area contributed by atoms with Crippen molar-refractivity contribution in [1.82, 2.24) is 20.0 Å². The summed E-state index contributed by atoms with van der Waals surface area (Å²) in [5.74, 6) is -0.349. The first-order valence-electron chi connectivity index (χ1n) is 14.3. The van der Waals surface area contributed by atoms with Crippen molar-refractivity contribution in [3.05, 3.63) is 82.8 Å². The molecule has 0 spiro atoms. The summed E-state index contributed by atoms with van der Waals surface area (Å²) in [4.78, 5) is 41.6. The van der Waals surface area contributed by atoms with Crippen molar-refractivity contribution >= 4 is 11.8 Å². The van der Waals surface area contributed by atoms with Gasteiger partial charge in [-0.15, -0.1) is 11.5 Å². The van der Waals surface area contributed by atoms with Crippen LogP contribution in [0.25, 0.3) is 0 Å². The molecule has 2 N–H and O–H groups in total. The molecule has 2 aromatic rings. The number of rotatable bonds is 11. The predicted octanol–water partition coefficient (Wildman–Crippen LogP) is 3.94. The first-order chi connectivity index (χ1) is 19.4. The molecule has 2 aliphatic heterocycles. The van der Waals surface area contributed by atoms with Crippen molar-refractivity contribution in [1.29, 1.82) is 0 Å². The Kier molecular flexibility index (Phi) is 10.6. The van der Waals surface area contributed by atoms with Gasteiger partial charge in [0.25, 0.3) is 11.8 Å². The lowest BCUT2D eigenvalue weighted by molar-refractivity contribution is -0.118. The Bertz CT molecular complexity index is 1180. The van der Waals surface area contributed by atoms with Gasteiger partial charge in [0.05, 0.1) is 6.04 Å². The van der Waals surface area contributed by atoms with Crippen LogP contribution < -0.4 is 5.32 Å². The van der Waals surface area contributed by atoms with Gasteiger partial charge in [0.15, 0.2) is 0 Å². The van der Waals surface area contributed by atoms with E-state index in [2.05, 4.69) is 39.9 Å². The highest BCUT2D eigenvalue weighted by atomic mass is 16.3. The van der Waals surface area contributed by atoms with E-state index in [-0.39, 0.29) is 36.2 Å². The number of nitrogens with one attached hydrogen (secondary N) is 1. The molecule has 9 heteroatoms. The number of piperazine rings is 1. The summed E-state index contributed by atoms with van der Waals surface area (Å²) in [7, 11) is 0. The summed E-state index contributed by atoms with van der Waals surface area (Å²) < 4.78 is 0. The number of hydrogen-bond donors (Lipinski definition) is 2. The smallest absolute Gasteiger partial charge is 0.286 e. The Morgan fingerprint density at radius 2 is 1.82 bits per heavy atom. The molecule has 2 amide bonds. The Hall–Kier alpha value is -3.40. The predicted molar refractivity (Wildman–Crippen MR) is 156 cm³/mol. The molecule has 9 nitrogen and oxygen atoms in total. The van der Waals surface area contributed by atoms with Crippen LogP contribution in [-0.4, -0.2) is 89.5 Å². The number of aromatic hydroxyl groups is 1. The minimum Gasteiger partial charge on any atom is -0.508 e. The molecule has 0 aliphatic carbocycles. The van der Waals surface area contributed by atoms with E-state index in [1.807, 2.05) is 47.4 Å². The fourth-order valence-corrected chi connectivity index (χ4v) is 5.95. The van der Waals surface area contributed by atoms with Crippen LogP contribution in [0.5, 0.6) is 5.75 Å². The van der Waals surface area contributed by atoms with E-state index >= 15 is 0 Å². The van der Waals surface area contributed by atoms with Crippen molar-refractivity contribution in [2.75, 3.05) is 45.8 Å². The highest BCUT2D eigenvalue weighted by molar-refractivity contribution is 5.94. The first kappa shape index (κ1) is 29.6. The van der Waals surface area contributed by atoms with E-state index in [1.165, 1.54) is 0 Å². The Labute approximate surface area is 236 Å². The third-order valence-corrected chi connectivity index (χ3v) is 8.00. The van der Waals surface area contributed by atoms with Crippen LogP contribution in [0.2, 0.25) is 0 Å². The van der Waals surface area contributed by atoms with Crippen molar-refractivity contribution in [3.63, 3.8) is 0 Å². The van der Waals surface area contributed by atoms with Gasteiger partial charge in [-0.3, -0.25) is 19.4 Å². The second-order valence-corrected chi connectivity index (χ2v) is 10.9. The van der Waals surface area contributed by atoms with Crippen molar-refractivity contribution in [3.8, 4) is 5.75 Å². The van der Waals surface area contributed by atoms with Crippen molar-refractivity contribution < 1.29 is 14.7 Å². The standard InChI is InChI=1S/C31H41N5O4/c1-3-15-34-18-19-36(23(2)22-34)30(25-8-5-10-28(37)21-25)24-7-4-9-26(20-24)31(39)35-16-12-27(13-17-35)32-14-6-11-29(38)33-40/h3-5,7-10,20-21,23,27,30,32,37H,1,6,11-19,22H2,2H3. The summed E-state index contributed by atoms with van der Waals surface area (Å²) in [5, 5.41) is 16.1. The van der Waals surface area contributed by atoms with Gasteiger partial charge in [0, 0.05) is 68.5 Å². The topological polar surface area (TPSA) is 106 Å². The van der Waals surface area contributed by atoms with Gasteiger partial charge in [-0.2, -0.15) is 0 Å². The summed E-state index contributed by atoms with van der Waals surface area (Å²) >= 11 is 0. The number of hydrogen-bond acceptors (Lipinski definition) is 7. The van der Waals surface area contributed by atoms with E-state index in [0.717, 1.165) is 50.1 Å². The third-order valence-electron chi connectivity index (χ3n) is 8.00. The molecule has 2 fully saturated rings. The van der Waals surface area contributed by atoms with Crippen LogP contribution >= 0.6 is 0 Å². The van der Waals surface area contributed by atoms with Gasteiger partial charge < -0.3 is 15.3 Å². The number of amides is 2. The molecular weight excluding hydrogens is 506 g/mol. The maximum absolute atomic E-state index is 13.6. The molecule has 2 aliphatic rings. The lowest BCUT2D eigenvalue weighted by atomic mass is 9.93. The van der Waals surface area contributed by atoms with Gasteiger partial charge >= 0.3 is 0 Å². The van der Waals surface area contributed by atoms with Gasteiger partial charge in [-0.05, 0) is 68.1 Å². The molecule has 4 rings (SSSR count). The second-order valence-electron chi connectivity index (χ2n) is 10.9. The molecule has 214 valence electrons. The van der Waals surface area contributed by atoms with Crippen LogP contribution in [0.4, 0.5) is 0 Å². The fourth-order valence-electron chi connectivity index (χ4n) is 5.95. The number of likely N-dealkylation sites (tertiary alicyclic amines) is 1. The number of phenols is 1. The van der Waals surface area contributed by atoms with Crippen LogP contribution in [0.1, 0.15) is 60.1 Å². The molecule has 2 unspecified atom stereocenters. The van der Waals surface area contributed by atoms with E-state index in [1.54, 1.807) is 6.07 Å². The average molecular weight is 548 g/mol. The van der Waals surface area contributed by atoms with Crippen LogP contribution in [0.3, 0.4) is 0 Å². The minimum absolute atomic E-state index is 0.0291. The lowest BCUT2D eigenvalue weighted by Crippen LogP contribution is -2.53. The van der Waals surface area contributed by atoms with Crippen LogP contribution in [-0.2, 0) is 4.79 Å². The Morgan fingerprint density at radius 3 is 2.50 bits per heavy atom. The molecule has 2 heterocycles. The molecule has 0 saturated carbocycles. The minimum atomic E-state index is -0.611. The maximum atomic E-state index is 13.6. The van der Waals surface area contributed by atoms with Gasteiger partial charge in [0.2, 0.25) is 0 Å². The second kappa shape index (κ2) is 14.3. The summed E-state index contributed by atoms with van der Waals surface area (Å²) in [6.07, 6.45) is 4.36. The Morgan fingerprint density at radius 1 is 1.10 bits per heavy atom. The number of carbonyl (C=O) groups is 2. The molecule has 0 radical (unpaired) electrons. The number of nitroso groups, excluding NO2 is 1. The number of piperidine rings is 1. The third kappa shape index (κ3) is 7.62. The van der Waals surface area contributed by atoms with Crippen molar-refractivity contribution in [2.24, 2.45) is 5.18 Å². The maximum Gasteiger partial charge on any atom is 0.286 e.